The lowest BCUT2D eigenvalue weighted by molar-refractivity contribution is 0.0938. The van der Waals surface area contributed by atoms with Gasteiger partial charge in [0.25, 0.3) is 5.91 Å². The molecule has 0 saturated heterocycles. The Hall–Kier alpha value is -2.15. The van der Waals surface area contributed by atoms with Crippen molar-refractivity contribution in [2.24, 2.45) is 0 Å². The topological polar surface area (TPSA) is 62.4 Å². The van der Waals surface area contributed by atoms with Crippen LogP contribution in [0, 0.1) is 0 Å². The van der Waals surface area contributed by atoms with Crippen LogP contribution in [-0.4, -0.2) is 31.3 Å². The first-order chi connectivity index (χ1) is 11.6. The first-order valence-corrected chi connectivity index (χ1v) is 8.08. The average Bonchev–Trinajstić information content (AvgIpc) is 2.57. The number of rotatable bonds is 6. The minimum Gasteiger partial charge on any atom is -0.383 e. The van der Waals surface area contributed by atoms with E-state index in [9.17, 15) is 4.79 Å². The van der Waals surface area contributed by atoms with E-state index in [1.54, 1.807) is 37.4 Å². The molecule has 0 heterocycles. The first-order valence-electron chi connectivity index (χ1n) is 7.30. The summed E-state index contributed by atoms with van der Waals surface area (Å²) in [6.45, 7) is 0.898. The Kier molecular flexibility index (Phi) is 6.99. The predicted octanol–water partition coefficient (Wildman–Crippen LogP) is 3.53. The zero-order valence-electron chi connectivity index (χ0n) is 13.1. The van der Waals surface area contributed by atoms with E-state index in [1.165, 1.54) is 0 Å². The highest BCUT2D eigenvalue weighted by molar-refractivity contribution is 7.80. The van der Waals surface area contributed by atoms with Gasteiger partial charge in [-0.1, -0.05) is 23.7 Å². The third kappa shape index (κ3) is 5.49. The van der Waals surface area contributed by atoms with E-state index in [-0.39, 0.29) is 5.91 Å². The van der Waals surface area contributed by atoms with Crippen LogP contribution >= 0.6 is 23.8 Å². The van der Waals surface area contributed by atoms with Gasteiger partial charge in [-0.05, 0) is 48.6 Å². The Labute approximate surface area is 151 Å². The summed E-state index contributed by atoms with van der Waals surface area (Å²) in [5.74, 6) is -0.190. The molecule has 2 rings (SSSR count). The Balaban J connectivity index is 2.02. The van der Waals surface area contributed by atoms with Gasteiger partial charge in [-0.2, -0.15) is 0 Å². The largest absolute Gasteiger partial charge is 0.383 e. The number of hydrogen-bond donors (Lipinski definition) is 3. The van der Waals surface area contributed by atoms with Gasteiger partial charge in [-0.15, -0.1) is 0 Å². The van der Waals surface area contributed by atoms with Crippen molar-refractivity contribution in [3.8, 4) is 0 Å². The van der Waals surface area contributed by atoms with Crippen LogP contribution in [0.15, 0.2) is 48.5 Å². The van der Waals surface area contributed by atoms with E-state index in [4.69, 9.17) is 28.6 Å². The van der Waals surface area contributed by atoms with Crippen molar-refractivity contribution in [2.45, 2.75) is 0 Å². The third-order valence-corrected chi connectivity index (χ3v) is 3.57. The number of thiocarbonyl (C=S) groups is 1. The molecule has 3 N–H and O–H groups in total. The van der Waals surface area contributed by atoms with E-state index in [0.717, 1.165) is 5.69 Å². The number of benzene rings is 2. The lowest BCUT2D eigenvalue weighted by Crippen LogP contribution is -2.28. The van der Waals surface area contributed by atoms with Gasteiger partial charge in [0, 0.05) is 24.4 Å². The van der Waals surface area contributed by atoms with Gasteiger partial charge in [0.2, 0.25) is 0 Å². The summed E-state index contributed by atoms with van der Waals surface area (Å²) >= 11 is 11.2. The Morgan fingerprint density at radius 2 is 1.83 bits per heavy atom. The van der Waals surface area contributed by atoms with E-state index in [2.05, 4.69) is 16.0 Å². The minimum absolute atomic E-state index is 0.190. The Morgan fingerprint density at radius 3 is 2.54 bits per heavy atom. The molecule has 0 aromatic heterocycles. The van der Waals surface area contributed by atoms with Crippen LogP contribution in [0.2, 0.25) is 5.02 Å². The summed E-state index contributed by atoms with van der Waals surface area (Å²) in [5, 5.41) is 9.91. The Bertz CT molecular complexity index is 707. The summed E-state index contributed by atoms with van der Waals surface area (Å²) in [4.78, 5) is 12.2. The predicted molar refractivity (Wildman–Crippen MR) is 102 cm³/mol. The zero-order chi connectivity index (χ0) is 17.4. The van der Waals surface area contributed by atoms with Crippen LogP contribution in [0.3, 0.4) is 0 Å². The minimum atomic E-state index is -0.190. The normalized spacial score (nSPS) is 10.1. The second-order valence-corrected chi connectivity index (χ2v) is 5.72. The quantitative estimate of drug-likeness (QED) is 0.541. The highest BCUT2D eigenvalue weighted by Gasteiger charge is 2.11. The van der Waals surface area contributed by atoms with Crippen molar-refractivity contribution >= 4 is 46.2 Å². The molecule has 0 unspecified atom stereocenters. The molecule has 0 saturated carbocycles. The molecule has 2 aromatic rings. The molecule has 0 aliphatic carbocycles. The molecule has 0 spiro atoms. The van der Waals surface area contributed by atoms with Crippen LogP contribution in [0.4, 0.5) is 11.4 Å². The molecule has 7 heteroatoms. The molecule has 1 amide bonds. The van der Waals surface area contributed by atoms with Crippen molar-refractivity contribution in [1.82, 2.24) is 5.32 Å². The van der Waals surface area contributed by atoms with Crippen molar-refractivity contribution in [3.05, 3.63) is 59.1 Å². The molecule has 0 aliphatic rings. The SMILES string of the molecule is COCCNC(=O)c1ccccc1NC(=S)Nc1ccc(Cl)cc1. The van der Waals surface area contributed by atoms with Crippen molar-refractivity contribution in [2.75, 3.05) is 30.9 Å². The summed E-state index contributed by atoms with van der Waals surface area (Å²) in [6, 6.07) is 14.3. The molecular formula is C17H18ClN3O2S. The van der Waals surface area contributed by atoms with E-state index in [0.29, 0.717) is 34.5 Å². The fraction of sp³-hybridized carbons (Fsp3) is 0.176. The number of nitrogens with one attached hydrogen (secondary N) is 3. The van der Waals surface area contributed by atoms with Crippen molar-refractivity contribution in [3.63, 3.8) is 0 Å². The summed E-state index contributed by atoms with van der Waals surface area (Å²) in [7, 11) is 1.59. The maximum absolute atomic E-state index is 12.2. The molecule has 126 valence electrons. The number of carbonyl (C=O) groups excluding carboxylic acids is 1. The monoisotopic (exact) mass is 363 g/mol. The maximum atomic E-state index is 12.2. The third-order valence-electron chi connectivity index (χ3n) is 3.11. The number of carbonyl (C=O) groups is 1. The summed E-state index contributed by atoms with van der Waals surface area (Å²) < 4.78 is 4.93. The second-order valence-electron chi connectivity index (χ2n) is 4.88. The van der Waals surface area contributed by atoms with Crippen molar-refractivity contribution in [1.29, 1.82) is 0 Å². The lowest BCUT2D eigenvalue weighted by atomic mass is 10.1. The number of halogens is 1. The summed E-state index contributed by atoms with van der Waals surface area (Å²) in [6.07, 6.45) is 0. The van der Waals surface area contributed by atoms with Gasteiger partial charge in [0.05, 0.1) is 17.9 Å². The lowest BCUT2D eigenvalue weighted by Gasteiger charge is -2.14. The number of methoxy groups -OCH3 is 1. The highest BCUT2D eigenvalue weighted by atomic mass is 35.5. The number of anilines is 2. The van der Waals surface area contributed by atoms with E-state index in [1.807, 2.05) is 18.2 Å². The van der Waals surface area contributed by atoms with Gasteiger partial charge in [-0.3, -0.25) is 4.79 Å². The number of para-hydroxylation sites is 1. The second kappa shape index (κ2) is 9.22. The van der Waals surface area contributed by atoms with Crippen molar-refractivity contribution < 1.29 is 9.53 Å². The number of ether oxygens (including phenoxy) is 1. The van der Waals surface area contributed by atoms with E-state index >= 15 is 0 Å². The molecular weight excluding hydrogens is 346 g/mol. The van der Waals surface area contributed by atoms with Crippen LogP contribution in [0.25, 0.3) is 0 Å². The molecule has 0 radical (unpaired) electrons. The smallest absolute Gasteiger partial charge is 0.253 e. The molecule has 0 bridgehead atoms. The Morgan fingerprint density at radius 1 is 1.12 bits per heavy atom. The van der Waals surface area contributed by atoms with Gasteiger partial charge < -0.3 is 20.7 Å². The van der Waals surface area contributed by atoms with Gasteiger partial charge in [-0.25, -0.2) is 0 Å². The number of amides is 1. The van der Waals surface area contributed by atoms with Gasteiger partial charge >= 0.3 is 0 Å². The number of hydrogen-bond acceptors (Lipinski definition) is 3. The van der Waals surface area contributed by atoms with Crippen LogP contribution < -0.4 is 16.0 Å². The fourth-order valence-electron chi connectivity index (χ4n) is 1.97. The highest BCUT2D eigenvalue weighted by Crippen LogP contribution is 2.17. The standard InChI is InChI=1S/C17H18ClN3O2S/c1-23-11-10-19-16(22)14-4-2-3-5-15(14)21-17(24)20-13-8-6-12(18)7-9-13/h2-9H,10-11H2,1H3,(H,19,22)(H2,20,21,24). The molecule has 24 heavy (non-hydrogen) atoms. The van der Waals surface area contributed by atoms with Crippen LogP contribution in [0.5, 0.6) is 0 Å². The molecule has 2 aromatic carbocycles. The van der Waals surface area contributed by atoms with Crippen LogP contribution in [0.1, 0.15) is 10.4 Å². The fourth-order valence-corrected chi connectivity index (χ4v) is 2.32. The first kappa shape index (κ1) is 18.2. The van der Waals surface area contributed by atoms with Crippen LogP contribution in [-0.2, 0) is 4.74 Å². The summed E-state index contributed by atoms with van der Waals surface area (Å²) in [5.41, 5.74) is 1.94. The van der Waals surface area contributed by atoms with Gasteiger partial charge in [0.1, 0.15) is 0 Å². The zero-order valence-corrected chi connectivity index (χ0v) is 14.7. The molecule has 5 nitrogen and oxygen atoms in total. The molecule has 0 atom stereocenters. The molecule has 0 fully saturated rings. The average molecular weight is 364 g/mol. The maximum Gasteiger partial charge on any atom is 0.253 e. The van der Waals surface area contributed by atoms with Gasteiger partial charge in [0.15, 0.2) is 5.11 Å². The molecule has 0 aliphatic heterocycles. The van der Waals surface area contributed by atoms with E-state index < -0.39 is 0 Å².